The Hall–Kier alpha value is -1.13. The molecule has 1 aromatic carbocycles. The monoisotopic (exact) mass is 281 g/mol. The molecular weight excluding hydrogens is 257 g/mol. The van der Waals surface area contributed by atoms with Crippen molar-refractivity contribution in [3.63, 3.8) is 0 Å². The van der Waals surface area contributed by atoms with E-state index < -0.39 is 0 Å². The second-order valence-corrected chi connectivity index (χ2v) is 5.40. The van der Waals surface area contributed by atoms with Gasteiger partial charge < -0.3 is 14.8 Å². The summed E-state index contributed by atoms with van der Waals surface area (Å²) in [4.78, 5) is 0. The smallest absolute Gasteiger partial charge is 0.165 e. The van der Waals surface area contributed by atoms with Crippen LogP contribution in [0.2, 0.25) is 0 Å². The van der Waals surface area contributed by atoms with E-state index in [1.807, 2.05) is 6.07 Å². The standard InChI is InChI=1S/C16H24FNO2/c1-4-18-14(16-7-5-11(2)20-16)10-12-6-8-15(19-3)13(17)9-12/h6,8-9,11,14,16,18H,4-5,7,10H2,1-3H3. The van der Waals surface area contributed by atoms with Gasteiger partial charge in [-0.1, -0.05) is 13.0 Å². The Kier molecular flexibility index (Phi) is 5.38. The van der Waals surface area contributed by atoms with Crippen LogP contribution in [0.1, 0.15) is 32.3 Å². The van der Waals surface area contributed by atoms with E-state index in [9.17, 15) is 4.39 Å². The molecule has 1 aromatic rings. The molecule has 0 bridgehead atoms. The first-order valence-electron chi connectivity index (χ1n) is 7.35. The van der Waals surface area contributed by atoms with Gasteiger partial charge in [0.2, 0.25) is 0 Å². The molecule has 2 rings (SSSR count). The topological polar surface area (TPSA) is 30.5 Å². The molecule has 1 N–H and O–H groups in total. The molecule has 0 spiro atoms. The van der Waals surface area contributed by atoms with Crippen LogP contribution >= 0.6 is 0 Å². The first kappa shape index (κ1) is 15.3. The van der Waals surface area contributed by atoms with Crippen molar-refractivity contribution in [1.82, 2.24) is 5.32 Å². The molecule has 1 saturated heterocycles. The average molecular weight is 281 g/mol. The van der Waals surface area contributed by atoms with Gasteiger partial charge in [0, 0.05) is 6.04 Å². The lowest BCUT2D eigenvalue weighted by atomic mass is 9.99. The minimum Gasteiger partial charge on any atom is -0.494 e. The third kappa shape index (κ3) is 3.70. The van der Waals surface area contributed by atoms with Crippen molar-refractivity contribution in [2.45, 2.75) is 51.4 Å². The highest BCUT2D eigenvalue weighted by Crippen LogP contribution is 2.25. The van der Waals surface area contributed by atoms with Crippen molar-refractivity contribution in [1.29, 1.82) is 0 Å². The second kappa shape index (κ2) is 7.04. The molecule has 4 heteroatoms. The van der Waals surface area contributed by atoms with E-state index in [4.69, 9.17) is 9.47 Å². The highest BCUT2D eigenvalue weighted by molar-refractivity contribution is 5.29. The lowest BCUT2D eigenvalue weighted by Crippen LogP contribution is -2.41. The van der Waals surface area contributed by atoms with Gasteiger partial charge in [0.1, 0.15) is 0 Å². The number of likely N-dealkylation sites (N-methyl/N-ethyl adjacent to an activating group) is 1. The summed E-state index contributed by atoms with van der Waals surface area (Å²) in [6, 6.07) is 5.40. The van der Waals surface area contributed by atoms with Crippen molar-refractivity contribution in [3.05, 3.63) is 29.6 Å². The molecule has 1 fully saturated rings. The van der Waals surface area contributed by atoms with E-state index in [0.29, 0.717) is 11.9 Å². The van der Waals surface area contributed by atoms with Crippen molar-refractivity contribution >= 4 is 0 Å². The third-order valence-corrected chi connectivity index (χ3v) is 3.85. The van der Waals surface area contributed by atoms with Gasteiger partial charge in [-0.05, 0) is 50.4 Å². The molecule has 0 saturated carbocycles. The molecule has 20 heavy (non-hydrogen) atoms. The second-order valence-electron chi connectivity index (χ2n) is 5.40. The number of methoxy groups -OCH3 is 1. The maximum atomic E-state index is 13.7. The number of hydrogen-bond donors (Lipinski definition) is 1. The summed E-state index contributed by atoms with van der Waals surface area (Å²) >= 11 is 0. The Balaban J connectivity index is 2.05. The first-order chi connectivity index (χ1) is 9.63. The van der Waals surface area contributed by atoms with Crippen LogP contribution in [0.5, 0.6) is 5.75 Å². The molecule has 3 unspecified atom stereocenters. The van der Waals surface area contributed by atoms with Crippen LogP contribution in [0.4, 0.5) is 4.39 Å². The zero-order valence-electron chi connectivity index (χ0n) is 12.5. The Labute approximate surface area is 120 Å². The fraction of sp³-hybridized carbons (Fsp3) is 0.625. The number of hydrogen-bond acceptors (Lipinski definition) is 3. The molecular formula is C16H24FNO2. The lowest BCUT2D eigenvalue weighted by molar-refractivity contribution is 0.0324. The molecule has 0 aromatic heterocycles. The fourth-order valence-electron chi connectivity index (χ4n) is 2.82. The van der Waals surface area contributed by atoms with Gasteiger partial charge >= 0.3 is 0 Å². The molecule has 1 aliphatic heterocycles. The van der Waals surface area contributed by atoms with Crippen molar-refractivity contribution in [2.75, 3.05) is 13.7 Å². The molecule has 3 nitrogen and oxygen atoms in total. The predicted molar refractivity (Wildman–Crippen MR) is 77.7 cm³/mol. The van der Waals surface area contributed by atoms with Crippen molar-refractivity contribution in [2.24, 2.45) is 0 Å². The Morgan fingerprint density at radius 1 is 1.45 bits per heavy atom. The van der Waals surface area contributed by atoms with Crippen LogP contribution in [0.15, 0.2) is 18.2 Å². The number of benzene rings is 1. The third-order valence-electron chi connectivity index (χ3n) is 3.85. The lowest BCUT2D eigenvalue weighted by Gasteiger charge is -2.24. The highest BCUT2D eigenvalue weighted by atomic mass is 19.1. The van der Waals surface area contributed by atoms with Gasteiger partial charge in [0.05, 0.1) is 19.3 Å². The minimum absolute atomic E-state index is 0.218. The van der Waals surface area contributed by atoms with Crippen LogP contribution in [-0.2, 0) is 11.2 Å². The normalized spacial score (nSPS) is 23.8. The number of rotatable bonds is 6. The predicted octanol–water partition coefficient (Wildman–Crippen LogP) is 2.92. The van der Waals surface area contributed by atoms with E-state index >= 15 is 0 Å². The summed E-state index contributed by atoms with van der Waals surface area (Å²) < 4.78 is 24.6. The van der Waals surface area contributed by atoms with Gasteiger partial charge in [-0.25, -0.2) is 4.39 Å². The number of halogens is 1. The summed E-state index contributed by atoms with van der Waals surface area (Å²) in [6.45, 7) is 5.08. The van der Waals surface area contributed by atoms with E-state index in [1.165, 1.54) is 7.11 Å². The minimum atomic E-state index is -0.305. The van der Waals surface area contributed by atoms with Gasteiger partial charge in [0.25, 0.3) is 0 Å². The zero-order valence-corrected chi connectivity index (χ0v) is 12.5. The van der Waals surface area contributed by atoms with E-state index in [-0.39, 0.29) is 18.0 Å². The molecule has 112 valence electrons. The molecule has 0 radical (unpaired) electrons. The fourth-order valence-corrected chi connectivity index (χ4v) is 2.82. The van der Waals surface area contributed by atoms with Crippen LogP contribution in [0.25, 0.3) is 0 Å². The zero-order chi connectivity index (χ0) is 14.5. The highest BCUT2D eigenvalue weighted by Gasteiger charge is 2.29. The largest absolute Gasteiger partial charge is 0.494 e. The van der Waals surface area contributed by atoms with Crippen molar-refractivity contribution < 1.29 is 13.9 Å². The Morgan fingerprint density at radius 2 is 2.25 bits per heavy atom. The van der Waals surface area contributed by atoms with Crippen LogP contribution in [0, 0.1) is 5.82 Å². The summed E-state index contributed by atoms with van der Waals surface area (Å²) in [5.41, 5.74) is 0.970. The molecule has 0 amide bonds. The van der Waals surface area contributed by atoms with Crippen LogP contribution in [-0.4, -0.2) is 31.9 Å². The first-order valence-corrected chi connectivity index (χ1v) is 7.35. The number of nitrogens with one attached hydrogen (secondary N) is 1. The average Bonchev–Trinajstić information content (AvgIpc) is 2.85. The van der Waals surface area contributed by atoms with Gasteiger partial charge in [0.15, 0.2) is 11.6 Å². The van der Waals surface area contributed by atoms with E-state index in [1.54, 1.807) is 12.1 Å². The molecule has 1 heterocycles. The summed E-state index contributed by atoms with van der Waals surface area (Å²) in [7, 11) is 1.48. The maximum Gasteiger partial charge on any atom is 0.165 e. The van der Waals surface area contributed by atoms with Crippen molar-refractivity contribution in [3.8, 4) is 5.75 Å². The quantitative estimate of drug-likeness (QED) is 0.869. The van der Waals surface area contributed by atoms with E-state index in [2.05, 4.69) is 19.2 Å². The maximum absolute atomic E-state index is 13.7. The van der Waals surface area contributed by atoms with E-state index in [0.717, 1.165) is 31.4 Å². The Morgan fingerprint density at radius 3 is 2.80 bits per heavy atom. The molecule has 0 aliphatic carbocycles. The summed E-state index contributed by atoms with van der Waals surface area (Å²) in [5, 5.41) is 3.46. The number of ether oxygens (including phenoxy) is 2. The molecule has 1 aliphatic rings. The SMILES string of the molecule is CCNC(Cc1ccc(OC)c(F)c1)C1CCC(C)O1. The van der Waals surface area contributed by atoms with Crippen LogP contribution in [0.3, 0.4) is 0 Å². The summed E-state index contributed by atoms with van der Waals surface area (Å²) in [6.07, 6.45) is 3.48. The molecule has 3 atom stereocenters. The Bertz CT molecular complexity index is 438. The summed E-state index contributed by atoms with van der Waals surface area (Å²) in [5.74, 6) is -0.0135. The van der Waals surface area contributed by atoms with Gasteiger partial charge in [-0.2, -0.15) is 0 Å². The van der Waals surface area contributed by atoms with Gasteiger partial charge in [-0.3, -0.25) is 0 Å². The van der Waals surface area contributed by atoms with Crippen LogP contribution < -0.4 is 10.1 Å². The van der Waals surface area contributed by atoms with Gasteiger partial charge in [-0.15, -0.1) is 0 Å².